The first-order chi connectivity index (χ1) is 18.8. The predicted octanol–water partition coefficient (Wildman–Crippen LogP) is 4.92. The summed E-state index contributed by atoms with van der Waals surface area (Å²) in [4.78, 5) is 28.6. The molecule has 0 aliphatic carbocycles. The van der Waals surface area contributed by atoms with Gasteiger partial charge in [-0.25, -0.2) is 8.42 Å². The number of hydrogen-bond donors (Lipinski definition) is 1. The molecule has 2 amide bonds. The molecule has 0 fully saturated rings. The fourth-order valence-corrected chi connectivity index (χ4v) is 5.74. The highest BCUT2D eigenvalue weighted by atomic mass is 35.5. The van der Waals surface area contributed by atoms with Gasteiger partial charge in [0.25, 0.3) is 10.0 Å². The van der Waals surface area contributed by atoms with Crippen LogP contribution in [-0.4, -0.2) is 56.9 Å². The third-order valence-electron chi connectivity index (χ3n) is 6.17. The van der Waals surface area contributed by atoms with Crippen molar-refractivity contribution in [2.24, 2.45) is 0 Å². The van der Waals surface area contributed by atoms with Crippen LogP contribution in [0.3, 0.4) is 0 Å². The second kappa shape index (κ2) is 13.2. The number of nitrogens with one attached hydrogen (secondary N) is 1. The molecule has 0 saturated carbocycles. The highest BCUT2D eigenvalue weighted by molar-refractivity contribution is 7.92. The molecule has 1 N–H and O–H groups in total. The zero-order valence-corrected chi connectivity index (χ0v) is 25.0. The lowest BCUT2D eigenvalue weighted by molar-refractivity contribution is -0.139. The van der Waals surface area contributed by atoms with E-state index in [1.165, 1.54) is 30.2 Å². The molecule has 0 aliphatic rings. The summed E-state index contributed by atoms with van der Waals surface area (Å²) in [5, 5.41) is 3.19. The summed E-state index contributed by atoms with van der Waals surface area (Å²) in [5.74, 6) is -0.660. The smallest absolute Gasteiger partial charge is 0.264 e. The second-order valence-corrected chi connectivity index (χ2v) is 12.7. The standard InChI is InChI=1S/C30H36ClN3O5S/c1-22(29(36)32-30(2,3)4)33(19-18-23-12-8-6-9-13-23)28(35)21-34(26-20-24(31)16-17-27(26)39-5)40(37,38)25-14-10-7-11-15-25/h6-17,20,22H,18-19,21H2,1-5H3,(H,32,36)/t22-/m1/s1. The van der Waals surface area contributed by atoms with Gasteiger partial charge >= 0.3 is 0 Å². The number of methoxy groups -OCH3 is 1. The molecule has 0 aromatic heterocycles. The number of amides is 2. The molecule has 0 heterocycles. The Morgan fingerprint density at radius 1 is 0.975 bits per heavy atom. The van der Waals surface area contributed by atoms with E-state index in [0.717, 1.165) is 9.87 Å². The van der Waals surface area contributed by atoms with Gasteiger partial charge in [-0.15, -0.1) is 0 Å². The van der Waals surface area contributed by atoms with Crippen molar-refractivity contribution in [2.45, 2.75) is 50.6 Å². The van der Waals surface area contributed by atoms with Gasteiger partial charge < -0.3 is 15.0 Å². The van der Waals surface area contributed by atoms with E-state index >= 15 is 0 Å². The number of carbonyl (C=O) groups is 2. The number of carbonyl (C=O) groups excluding carboxylic acids is 2. The van der Waals surface area contributed by atoms with Crippen LogP contribution in [0.1, 0.15) is 33.3 Å². The zero-order chi connectivity index (χ0) is 29.5. The first-order valence-corrected chi connectivity index (χ1v) is 14.7. The summed E-state index contributed by atoms with van der Waals surface area (Å²) >= 11 is 6.26. The average Bonchev–Trinajstić information content (AvgIpc) is 2.91. The summed E-state index contributed by atoms with van der Waals surface area (Å²) in [6.45, 7) is 6.83. The summed E-state index contributed by atoms with van der Waals surface area (Å²) in [7, 11) is -2.82. The quantitative estimate of drug-likeness (QED) is 0.345. The van der Waals surface area contributed by atoms with Crippen molar-refractivity contribution < 1.29 is 22.7 Å². The summed E-state index contributed by atoms with van der Waals surface area (Å²) in [6, 6.07) is 21.1. The van der Waals surface area contributed by atoms with Gasteiger partial charge in [-0.05, 0) is 70.0 Å². The molecule has 0 bridgehead atoms. The van der Waals surface area contributed by atoms with Gasteiger partial charge in [0, 0.05) is 17.1 Å². The zero-order valence-electron chi connectivity index (χ0n) is 23.4. The number of sulfonamides is 1. The molecule has 0 saturated heterocycles. The van der Waals surface area contributed by atoms with Crippen LogP contribution in [0.25, 0.3) is 0 Å². The van der Waals surface area contributed by atoms with Crippen molar-refractivity contribution in [2.75, 3.05) is 24.5 Å². The molecule has 8 nitrogen and oxygen atoms in total. The Morgan fingerprint density at radius 2 is 1.57 bits per heavy atom. The van der Waals surface area contributed by atoms with Crippen LogP contribution in [0.5, 0.6) is 5.75 Å². The van der Waals surface area contributed by atoms with Crippen LogP contribution in [0.15, 0.2) is 83.8 Å². The molecule has 0 radical (unpaired) electrons. The van der Waals surface area contributed by atoms with E-state index in [4.69, 9.17) is 16.3 Å². The van der Waals surface area contributed by atoms with E-state index < -0.39 is 34.1 Å². The van der Waals surface area contributed by atoms with Crippen molar-refractivity contribution in [3.63, 3.8) is 0 Å². The number of halogens is 1. The predicted molar refractivity (Wildman–Crippen MR) is 158 cm³/mol. The third-order valence-corrected chi connectivity index (χ3v) is 8.18. The highest BCUT2D eigenvalue weighted by Crippen LogP contribution is 2.35. The Labute approximate surface area is 241 Å². The first kappa shape index (κ1) is 31.0. The molecule has 0 aliphatic heterocycles. The molecule has 10 heteroatoms. The van der Waals surface area contributed by atoms with E-state index in [-0.39, 0.29) is 33.8 Å². The topological polar surface area (TPSA) is 96.0 Å². The van der Waals surface area contributed by atoms with Crippen LogP contribution in [0.4, 0.5) is 5.69 Å². The van der Waals surface area contributed by atoms with E-state index in [0.29, 0.717) is 6.42 Å². The highest BCUT2D eigenvalue weighted by Gasteiger charge is 2.34. The summed E-state index contributed by atoms with van der Waals surface area (Å²) in [6.07, 6.45) is 0.478. The van der Waals surface area contributed by atoms with Crippen LogP contribution in [0, 0.1) is 0 Å². The van der Waals surface area contributed by atoms with Gasteiger partial charge in [0.05, 0.1) is 17.7 Å². The molecule has 214 valence electrons. The van der Waals surface area contributed by atoms with Crippen molar-refractivity contribution in [1.82, 2.24) is 10.2 Å². The molecule has 0 spiro atoms. The molecule has 0 unspecified atom stereocenters. The number of anilines is 1. The van der Waals surface area contributed by atoms with Crippen LogP contribution < -0.4 is 14.4 Å². The second-order valence-electron chi connectivity index (χ2n) is 10.4. The normalized spacial score (nSPS) is 12.3. The molecular weight excluding hydrogens is 550 g/mol. The molecule has 3 rings (SSSR count). The molecule has 40 heavy (non-hydrogen) atoms. The summed E-state index contributed by atoms with van der Waals surface area (Å²) in [5.41, 5.74) is 0.576. The van der Waals surface area contributed by atoms with Crippen LogP contribution in [-0.2, 0) is 26.0 Å². The minimum atomic E-state index is -4.23. The van der Waals surface area contributed by atoms with Gasteiger partial charge in [0.15, 0.2) is 0 Å². The number of benzene rings is 3. The Bertz CT molecular complexity index is 1410. The number of nitrogens with zero attached hydrogens (tertiary/aromatic N) is 2. The Kier molecular flexibility index (Phi) is 10.2. The minimum absolute atomic E-state index is 0.000752. The SMILES string of the molecule is COc1ccc(Cl)cc1N(CC(=O)N(CCc1ccccc1)[C@H](C)C(=O)NC(C)(C)C)S(=O)(=O)c1ccccc1. The fraction of sp³-hybridized carbons (Fsp3) is 0.333. The molecular formula is C30H36ClN3O5S. The lowest BCUT2D eigenvalue weighted by atomic mass is 10.1. The van der Waals surface area contributed by atoms with Crippen molar-refractivity contribution in [3.8, 4) is 5.75 Å². The summed E-state index contributed by atoms with van der Waals surface area (Å²) < 4.78 is 34.3. The number of rotatable bonds is 11. The van der Waals surface area contributed by atoms with E-state index in [1.54, 1.807) is 37.3 Å². The molecule has 3 aromatic rings. The maximum absolute atomic E-state index is 14.0. The lowest BCUT2D eigenvalue weighted by Crippen LogP contribution is -2.55. The number of ether oxygens (including phenoxy) is 1. The minimum Gasteiger partial charge on any atom is -0.495 e. The van der Waals surface area contributed by atoms with Crippen molar-refractivity contribution in [3.05, 3.63) is 89.4 Å². The van der Waals surface area contributed by atoms with Crippen LogP contribution >= 0.6 is 11.6 Å². The lowest BCUT2D eigenvalue weighted by Gasteiger charge is -2.33. The van der Waals surface area contributed by atoms with Gasteiger partial charge in [-0.2, -0.15) is 0 Å². The van der Waals surface area contributed by atoms with Crippen molar-refractivity contribution >= 4 is 39.1 Å². The van der Waals surface area contributed by atoms with Crippen LogP contribution in [0.2, 0.25) is 5.02 Å². The average molecular weight is 586 g/mol. The maximum atomic E-state index is 14.0. The molecule has 1 atom stereocenters. The van der Waals surface area contributed by atoms with E-state index in [2.05, 4.69) is 5.32 Å². The maximum Gasteiger partial charge on any atom is 0.264 e. The van der Waals surface area contributed by atoms with E-state index in [1.807, 2.05) is 51.1 Å². The third kappa shape index (κ3) is 7.99. The monoisotopic (exact) mass is 585 g/mol. The van der Waals surface area contributed by atoms with Gasteiger partial charge in [-0.3, -0.25) is 13.9 Å². The van der Waals surface area contributed by atoms with Crippen molar-refractivity contribution in [1.29, 1.82) is 0 Å². The Balaban J connectivity index is 2.04. The van der Waals surface area contributed by atoms with Gasteiger partial charge in [-0.1, -0.05) is 60.1 Å². The van der Waals surface area contributed by atoms with Gasteiger partial charge in [0.1, 0.15) is 18.3 Å². The van der Waals surface area contributed by atoms with Gasteiger partial charge in [0.2, 0.25) is 11.8 Å². The Hall–Kier alpha value is -3.56. The number of hydrogen-bond acceptors (Lipinski definition) is 5. The first-order valence-electron chi connectivity index (χ1n) is 12.9. The molecule has 3 aromatic carbocycles. The fourth-order valence-electron chi connectivity index (χ4n) is 4.14. The van der Waals surface area contributed by atoms with E-state index in [9.17, 15) is 18.0 Å². The largest absolute Gasteiger partial charge is 0.495 e. The Morgan fingerprint density at radius 3 is 2.15 bits per heavy atom.